The lowest BCUT2D eigenvalue weighted by molar-refractivity contribution is -0.152. The summed E-state index contributed by atoms with van der Waals surface area (Å²) in [6.07, 6.45) is -2.54. The largest absolute Gasteiger partial charge is 0.481 e. The Morgan fingerprint density at radius 2 is 1.02 bits per heavy atom. The first-order chi connectivity index (χ1) is 30.9. The first-order valence-electron chi connectivity index (χ1n) is 20.0. The molecule has 2 unspecified atom stereocenters. The molecule has 0 spiro atoms. The number of allylic oxidation sites excluding steroid dienone is 2. The zero-order valence-corrected chi connectivity index (χ0v) is 38.4. The van der Waals surface area contributed by atoms with Crippen LogP contribution in [0.2, 0.25) is 10.0 Å². The molecule has 0 aromatic heterocycles. The van der Waals surface area contributed by atoms with Crippen molar-refractivity contribution in [3.8, 4) is 0 Å². The molecule has 0 saturated heterocycles. The molecule has 0 aliphatic carbocycles. The van der Waals surface area contributed by atoms with Gasteiger partial charge in [0.05, 0.1) is 106 Å². The highest BCUT2D eigenvalue weighted by molar-refractivity contribution is 6.32. The molecule has 0 bridgehead atoms. The summed E-state index contributed by atoms with van der Waals surface area (Å²) < 4.78 is 31.6. The van der Waals surface area contributed by atoms with E-state index >= 15 is 0 Å². The number of dihydropyridines is 2. The Bertz CT molecular complexity index is 2020. The van der Waals surface area contributed by atoms with Crippen molar-refractivity contribution < 1.29 is 72.5 Å². The molecule has 2 aromatic carbocycles. The van der Waals surface area contributed by atoms with Gasteiger partial charge in [-0.3, -0.25) is 4.79 Å². The standard InChI is InChI=1S/2C20H25ClN2O5.C4H6O5/c2*1-4-28-20(25)18-15(11-27-10-9-22)23-12(2)16(19(24)26-3)17(18)13-7-5-6-8-14(13)21;5-2(4(8)9)1-3(6)7/h2*5-8,17,23H,4,9-11,22H2,1-3H3;2,5H,1H2,(H,6,7)(H,8,9)/t;;2-/m..0/s1. The number of hydrogen-bond acceptors (Lipinski definition) is 17. The lowest BCUT2D eigenvalue weighted by Crippen LogP contribution is -2.35. The Labute approximate surface area is 386 Å². The molecule has 2 aromatic rings. The van der Waals surface area contributed by atoms with Crippen molar-refractivity contribution in [3.05, 3.63) is 115 Å². The van der Waals surface area contributed by atoms with Crippen molar-refractivity contribution in [3.63, 3.8) is 0 Å². The van der Waals surface area contributed by atoms with Crippen LogP contribution in [0, 0.1) is 0 Å². The zero-order valence-electron chi connectivity index (χ0n) is 36.9. The third-order valence-electron chi connectivity index (χ3n) is 9.19. The zero-order chi connectivity index (χ0) is 48.8. The minimum atomic E-state index is -1.79. The molecule has 4 rings (SSSR count). The molecule has 2 heterocycles. The van der Waals surface area contributed by atoms with Gasteiger partial charge in [-0.1, -0.05) is 59.6 Å². The summed E-state index contributed by atoms with van der Waals surface area (Å²) >= 11 is 12.8. The second-order valence-electron chi connectivity index (χ2n) is 13.6. The molecule has 3 atom stereocenters. The lowest BCUT2D eigenvalue weighted by Gasteiger charge is -2.31. The van der Waals surface area contributed by atoms with E-state index in [1.54, 1.807) is 76.2 Å². The van der Waals surface area contributed by atoms with Gasteiger partial charge in [0.25, 0.3) is 0 Å². The number of aliphatic hydroxyl groups excluding tert-OH is 1. The van der Waals surface area contributed by atoms with Crippen LogP contribution in [0.1, 0.15) is 57.1 Å². The highest BCUT2D eigenvalue weighted by Gasteiger charge is 2.41. The first-order valence-corrected chi connectivity index (χ1v) is 20.8. The van der Waals surface area contributed by atoms with Crippen molar-refractivity contribution in [2.45, 2.75) is 52.1 Å². The third kappa shape index (κ3) is 15.7. The van der Waals surface area contributed by atoms with E-state index in [4.69, 9.17) is 78.4 Å². The number of methoxy groups -OCH3 is 2. The van der Waals surface area contributed by atoms with Gasteiger partial charge in [-0.25, -0.2) is 24.0 Å². The van der Waals surface area contributed by atoms with Gasteiger partial charge in [-0.15, -0.1) is 0 Å². The third-order valence-corrected chi connectivity index (χ3v) is 9.88. The summed E-state index contributed by atoms with van der Waals surface area (Å²) in [6.45, 7) is 8.83. The molecule has 2 aliphatic heterocycles. The lowest BCUT2D eigenvalue weighted by atomic mass is 9.80. The number of carboxylic acid groups (broad SMARTS) is 2. The predicted octanol–water partition coefficient (Wildman–Crippen LogP) is 3.44. The number of ether oxygens (including phenoxy) is 6. The van der Waals surface area contributed by atoms with E-state index in [1.807, 2.05) is 0 Å². The van der Waals surface area contributed by atoms with Crippen LogP contribution in [0.15, 0.2) is 93.6 Å². The van der Waals surface area contributed by atoms with E-state index in [1.165, 1.54) is 14.2 Å². The summed E-state index contributed by atoms with van der Waals surface area (Å²) in [7, 11) is 2.58. The van der Waals surface area contributed by atoms with Crippen molar-refractivity contribution in [1.29, 1.82) is 0 Å². The fourth-order valence-corrected chi connectivity index (χ4v) is 6.98. The van der Waals surface area contributed by atoms with Crippen LogP contribution in [0.5, 0.6) is 0 Å². The fourth-order valence-electron chi connectivity index (χ4n) is 6.49. The predicted molar refractivity (Wildman–Crippen MR) is 237 cm³/mol. The van der Waals surface area contributed by atoms with Gasteiger partial charge in [0.1, 0.15) is 0 Å². The number of nitrogens with one attached hydrogen (secondary N) is 2. The molecule has 0 fully saturated rings. The Morgan fingerprint density at radius 3 is 1.29 bits per heavy atom. The van der Waals surface area contributed by atoms with Crippen LogP contribution in [-0.2, 0) is 57.2 Å². The van der Waals surface area contributed by atoms with Gasteiger partial charge < -0.3 is 65.8 Å². The summed E-state index contributed by atoms with van der Waals surface area (Å²) in [5, 5.41) is 31.2. The molecule has 21 heteroatoms. The molecule has 9 N–H and O–H groups in total. The monoisotopic (exact) mass is 950 g/mol. The number of rotatable bonds is 19. The normalized spacial score (nSPS) is 16.1. The maximum atomic E-state index is 12.9. The SMILES string of the molecule is CCOC(=O)C1=C(COCCN)NC(C)=C(C(=O)OC)C1c1ccccc1Cl.CCOC(=O)C1=C(COCCN)NC(C)=C(C(=O)OC)C1c1ccccc1Cl.O=C(O)C[C@H](O)C(=O)O. The van der Waals surface area contributed by atoms with Crippen molar-refractivity contribution >= 4 is 59.0 Å². The first kappa shape index (κ1) is 55.3. The topological polar surface area (TPSA) is 295 Å². The average molecular weight is 952 g/mol. The summed E-state index contributed by atoms with van der Waals surface area (Å²) in [6, 6.07) is 14.1. The molecule has 0 saturated carbocycles. The molecular weight excluding hydrogens is 895 g/mol. The average Bonchev–Trinajstić information content (AvgIpc) is 3.26. The Balaban J connectivity index is 0.000000376. The summed E-state index contributed by atoms with van der Waals surface area (Å²) in [4.78, 5) is 70.3. The van der Waals surface area contributed by atoms with Crippen LogP contribution < -0.4 is 22.1 Å². The summed E-state index contributed by atoms with van der Waals surface area (Å²) in [5.41, 5.74) is 15.4. The van der Waals surface area contributed by atoms with Gasteiger partial charge in [0.15, 0.2) is 6.10 Å². The number of benzene rings is 2. The molecule has 356 valence electrons. The van der Waals surface area contributed by atoms with Gasteiger partial charge >= 0.3 is 35.8 Å². The van der Waals surface area contributed by atoms with Crippen LogP contribution in [-0.4, -0.2) is 124 Å². The maximum absolute atomic E-state index is 12.9. The van der Waals surface area contributed by atoms with Gasteiger partial charge in [0.2, 0.25) is 0 Å². The van der Waals surface area contributed by atoms with Crippen LogP contribution in [0.3, 0.4) is 0 Å². The van der Waals surface area contributed by atoms with E-state index in [0.717, 1.165) is 0 Å². The highest BCUT2D eigenvalue weighted by Crippen LogP contribution is 2.43. The number of hydrogen-bond donors (Lipinski definition) is 7. The van der Waals surface area contributed by atoms with E-state index in [0.29, 0.717) is 81.4 Å². The Kier molecular flexibility index (Phi) is 24.0. The smallest absolute Gasteiger partial charge is 0.336 e. The molecule has 19 nitrogen and oxygen atoms in total. The number of carbonyl (C=O) groups excluding carboxylic acids is 4. The minimum absolute atomic E-state index is 0.109. The van der Waals surface area contributed by atoms with Crippen molar-refractivity contribution in [2.24, 2.45) is 11.5 Å². The molecule has 0 radical (unpaired) electrons. The maximum Gasteiger partial charge on any atom is 0.336 e. The van der Waals surface area contributed by atoms with Crippen LogP contribution >= 0.6 is 23.2 Å². The van der Waals surface area contributed by atoms with Crippen LogP contribution in [0.4, 0.5) is 0 Å². The number of aliphatic hydroxyl groups is 1. The number of carboxylic acids is 2. The molecular formula is C44H56Cl2N4O15. The molecule has 2 aliphatic rings. The fraction of sp³-hybridized carbons (Fsp3) is 0.409. The van der Waals surface area contributed by atoms with E-state index in [9.17, 15) is 28.8 Å². The second kappa shape index (κ2) is 28.2. The number of nitrogens with two attached hydrogens (primary N) is 2. The number of halogens is 2. The molecule has 65 heavy (non-hydrogen) atoms. The number of aliphatic carboxylic acids is 2. The highest BCUT2D eigenvalue weighted by atomic mass is 35.5. The molecule has 0 amide bonds. The number of carbonyl (C=O) groups is 6. The summed E-state index contributed by atoms with van der Waals surface area (Å²) in [5.74, 6) is -6.57. The van der Waals surface area contributed by atoms with Crippen LogP contribution in [0.25, 0.3) is 0 Å². The van der Waals surface area contributed by atoms with E-state index in [-0.39, 0.29) is 37.6 Å². The minimum Gasteiger partial charge on any atom is -0.481 e. The van der Waals surface area contributed by atoms with E-state index < -0.39 is 60.2 Å². The van der Waals surface area contributed by atoms with Crippen molar-refractivity contribution in [1.82, 2.24) is 10.6 Å². The quantitative estimate of drug-likeness (QED) is 0.0603. The second-order valence-corrected chi connectivity index (χ2v) is 14.4. The van der Waals surface area contributed by atoms with Crippen molar-refractivity contribution in [2.75, 3.05) is 67.0 Å². The Hall–Kier alpha value is -5.80. The van der Waals surface area contributed by atoms with E-state index in [2.05, 4.69) is 10.6 Å². The Morgan fingerprint density at radius 1 is 0.646 bits per heavy atom. The van der Waals surface area contributed by atoms with Gasteiger partial charge in [-0.2, -0.15) is 0 Å². The van der Waals surface area contributed by atoms with Gasteiger partial charge in [0, 0.05) is 34.5 Å². The van der Waals surface area contributed by atoms with Gasteiger partial charge in [-0.05, 0) is 51.0 Å². The number of esters is 4.